The number of nitrogens with zero attached hydrogens (tertiary/aromatic N) is 1. The Hall–Kier alpha value is -1.22. The maximum Gasteiger partial charge on any atom is 0.125 e. The van der Waals surface area contributed by atoms with Gasteiger partial charge in [0.2, 0.25) is 0 Å². The zero-order valence-electron chi connectivity index (χ0n) is 10.6. The molecule has 0 atom stereocenters. The van der Waals surface area contributed by atoms with Gasteiger partial charge in [-0.05, 0) is 38.3 Å². The summed E-state index contributed by atoms with van der Waals surface area (Å²) < 4.78 is 5.65. The summed E-state index contributed by atoms with van der Waals surface area (Å²) in [6.07, 6.45) is 3.91. The van der Waals surface area contributed by atoms with Crippen molar-refractivity contribution in [2.75, 3.05) is 24.6 Å². The van der Waals surface area contributed by atoms with Crippen LogP contribution < -0.4 is 15.4 Å². The average molecular weight is 234 g/mol. The molecule has 0 spiro atoms. The summed E-state index contributed by atoms with van der Waals surface area (Å²) in [4.78, 5) is 2.44. The van der Waals surface area contributed by atoms with E-state index in [-0.39, 0.29) is 0 Å². The molecule has 0 amide bonds. The van der Waals surface area contributed by atoms with Crippen LogP contribution in [0.3, 0.4) is 0 Å². The van der Waals surface area contributed by atoms with E-state index < -0.39 is 0 Å². The third-order valence-electron chi connectivity index (χ3n) is 3.31. The highest BCUT2D eigenvalue weighted by Crippen LogP contribution is 2.30. The first kappa shape index (κ1) is 12.2. The van der Waals surface area contributed by atoms with Crippen molar-refractivity contribution in [1.29, 1.82) is 0 Å². The number of ether oxygens (including phenoxy) is 1. The fourth-order valence-electron chi connectivity index (χ4n) is 2.48. The Morgan fingerprint density at radius 1 is 1.24 bits per heavy atom. The first-order valence-corrected chi connectivity index (χ1v) is 6.56. The van der Waals surface area contributed by atoms with Gasteiger partial charge in [-0.25, -0.2) is 0 Å². The van der Waals surface area contributed by atoms with Crippen molar-refractivity contribution in [3.05, 3.63) is 23.8 Å². The lowest BCUT2D eigenvalue weighted by molar-refractivity contribution is 0.336. The van der Waals surface area contributed by atoms with Gasteiger partial charge in [0.1, 0.15) is 5.75 Å². The summed E-state index contributed by atoms with van der Waals surface area (Å²) in [7, 11) is 0. The van der Waals surface area contributed by atoms with Crippen molar-refractivity contribution in [2.45, 2.75) is 32.7 Å². The second-order valence-electron chi connectivity index (χ2n) is 4.44. The summed E-state index contributed by atoms with van der Waals surface area (Å²) in [5, 5.41) is 0. The van der Waals surface area contributed by atoms with Gasteiger partial charge in [-0.3, -0.25) is 0 Å². The summed E-state index contributed by atoms with van der Waals surface area (Å²) in [5.41, 5.74) is 8.29. The first-order valence-electron chi connectivity index (χ1n) is 6.56. The zero-order chi connectivity index (χ0) is 12.1. The fraction of sp³-hybridized carbons (Fsp3) is 0.571. The van der Waals surface area contributed by atoms with Gasteiger partial charge in [-0.15, -0.1) is 0 Å². The highest BCUT2D eigenvalue weighted by Gasteiger charge is 2.16. The normalized spacial score (nSPS) is 16.0. The van der Waals surface area contributed by atoms with Crippen LogP contribution in [-0.4, -0.2) is 19.7 Å². The van der Waals surface area contributed by atoms with Gasteiger partial charge in [0.15, 0.2) is 0 Å². The molecule has 0 saturated carbocycles. The average Bonchev–Trinajstić information content (AvgIpc) is 2.40. The lowest BCUT2D eigenvalue weighted by atomic mass is 10.1. The van der Waals surface area contributed by atoms with Gasteiger partial charge >= 0.3 is 0 Å². The molecule has 17 heavy (non-hydrogen) atoms. The van der Waals surface area contributed by atoms with Crippen LogP contribution in [-0.2, 0) is 6.54 Å². The van der Waals surface area contributed by atoms with Crippen molar-refractivity contribution in [2.24, 2.45) is 5.73 Å². The summed E-state index contributed by atoms with van der Waals surface area (Å²) in [6.45, 7) is 5.53. The van der Waals surface area contributed by atoms with E-state index in [0.29, 0.717) is 13.2 Å². The van der Waals surface area contributed by atoms with E-state index in [1.165, 1.54) is 24.9 Å². The van der Waals surface area contributed by atoms with Crippen molar-refractivity contribution in [1.82, 2.24) is 0 Å². The van der Waals surface area contributed by atoms with E-state index in [9.17, 15) is 0 Å². The summed E-state index contributed by atoms with van der Waals surface area (Å²) in [5.74, 6) is 0.943. The third kappa shape index (κ3) is 2.72. The van der Waals surface area contributed by atoms with E-state index in [1.54, 1.807) is 0 Å². The largest absolute Gasteiger partial charge is 0.493 e. The van der Waals surface area contributed by atoms with Crippen LogP contribution in [0.2, 0.25) is 0 Å². The highest BCUT2D eigenvalue weighted by molar-refractivity contribution is 5.59. The van der Waals surface area contributed by atoms with Crippen molar-refractivity contribution in [3.8, 4) is 5.75 Å². The van der Waals surface area contributed by atoms with E-state index >= 15 is 0 Å². The van der Waals surface area contributed by atoms with Crippen LogP contribution in [0.25, 0.3) is 0 Å². The molecule has 1 aromatic rings. The number of anilines is 1. The Morgan fingerprint density at radius 2 is 2.00 bits per heavy atom. The zero-order valence-corrected chi connectivity index (χ0v) is 10.6. The predicted octanol–water partition coefficient (Wildman–Crippen LogP) is 2.53. The molecule has 3 nitrogen and oxygen atoms in total. The molecule has 1 saturated heterocycles. The van der Waals surface area contributed by atoms with Crippen LogP contribution in [0.4, 0.5) is 5.69 Å². The molecule has 0 aliphatic carbocycles. The maximum absolute atomic E-state index is 5.88. The Bertz CT molecular complexity index is 359. The lowest BCUT2D eigenvalue weighted by Crippen LogP contribution is -2.30. The highest BCUT2D eigenvalue weighted by atomic mass is 16.5. The molecule has 2 rings (SSSR count). The summed E-state index contributed by atoms with van der Waals surface area (Å²) in [6, 6.07) is 6.24. The number of rotatable bonds is 4. The molecule has 94 valence electrons. The minimum absolute atomic E-state index is 0.544. The number of hydrogen-bond acceptors (Lipinski definition) is 3. The van der Waals surface area contributed by atoms with E-state index in [1.807, 2.05) is 13.0 Å². The molecule has 1 fully saturated rings. The van der Waals surface area contributed by atoms with Crippen molar-refractivity contribution in [3.63, 3.8) is 0 Å². The van der Waals surface area contributed by atoms with E-state index in [4.69, 9.17) is 10.5 Å². The van der Waals surface area contributed by atoms with Gasteiger partial charge in [0, 0.05) is 30.9 Å². The monoisotopic (exact) mass is 234 g/mol. The van der Waals surface area contributed by atoms with Crippen molar-refractivity contribution >= 4 is 5.69 Å². The number of piperidine rings is 1. The molecule has 0 radical (unpaired) electrons. The van der Waals surface area contributed by atoms with Crippen LogP contribution in [0.1, 0.15) is 31.7 Å². The van der Waals surface area contributed by atoms with Crippen molar-refractivity contribution < 1.29 is 4.74 Å². The summed E-state index contributed by atoms with van der Waals surface area (Å²) >= 11 is 0. The Balaban J connectivity index is 2.28. The van der Waals surface area contributed by atoms with Gasteiger partial charge in [0.25, 0.3) is 0 Å². The third-order valence-corrected chi connectivity index (χ3v) is 3.31. The van der Waals surface area contributed by atoms with Crippen LogP contribution in [0.15, 0.2) is 18.2 Å². The minimum Gasteiger partial charge on any atom is -0.493 e. The molecule has 0 bridgehead atoms. The van der Waals surface area contributed by atoms with Crippen LogP contribution in [0.5, 0.6) is 5.75 Å². The van der Waals surface area contributed by atoms with Gasteiger partial charge in [-0.1, -0.05) is 6.07 Å². The molecule has 1 aromatic carbocycles. The smallest absolute Gasteiger partial charge is 0.125 e. The second kappa shape index (κ2) is 5.92. The molecule has 3 heteroatoms. The number of benzene rings is 1. The number of hydrogen-bond donors (Lipinski definition) is 1. The quantitative estimate of drug-likeness (QED) is 0.870. The molecular weight excluding hydrogens is 212 g/mol. The Labute approximate surface area is 104 Å². The van der Waals surface area contributed by atoms with Gasteiger partial charge in [0.05, 0.1) is 6.61 Å². The predicted molar refractivity (Wildman–Crippen MR) is 71.6 cm³/mol. The Kier molecular flexibility index (Phi) is 4.26. The molecule has 0 aromatic heterocycles. The standard InChI is InChI=1S/C14H22N2O/c1-2-17-14-8-6-7-13(12(14)11-15)16-9-4-3-5-10-16/h6-8H,2-5,9-11,15H2,1H3. The topological polar surface area (TPSA) is 38.5 Å². The van der Waals surface area contributed by atoms with E-state index in [0.717, 1.165) is 24.4 Å². The lowest BCUT2D eigenvalue weighted by Gasteiger charge is -2.31. The molecule has 1 aliphatic heterocycles. The SMILES string of the molecule is CCOc1cccc(N2CCCCC2)c1CN. The molecule has 0 unspecified atom stereocenters. The molecule has 2 N–H and O–H groups in total. The van der Waals surface area contributed by atoms with Gasteiger partial charge < -0.3 is 15.4 Å². The Morgan fingerprint density at radius 3 is 2.65 bits per heavy atom. The van der Waals surface area contributed by atoms with Crippen LogP contribution in [0, 0.1) is 0 Å². The molecule has 1 aliphatic rings. The minimum atomic E-state index is 0.544. The molecular formula is C14H22N2O. The fourth-order valence-corrected chi connectivity index (χ4v) is 2.48. The second-order valence-corrected chi connectivity index (χ2v) is 4.44. The first-order chi connectivity index (χ1) is 8.36. The van der Waals surface area contributed by atoms with Gasteiger partial charge in [-0.2, -0.15) is 0 Å². The number of nitrogens with two attached hydrogens (primary N) is 1. The molecule has 1 heterocycles. The van der Waals surface area contributed by atoms with Crippen LogP contribution >= 0.6 is 0 Å². The maximum atomic E-state index is 5.88. The van der Waals surface area contributed by atoms with E-state index in [2.05, 4.69) is 17.0 Å².